The number of aliphatic hydroxyl groups is 2. The van der Waals surface area contributed by atoms with Gasteiger partial charge in [0.05, 0.1) is 34.2 Å². The molecule has 0 aromatic heterocycles. The molecule has 3 unspecified atom stereocenters. The molecule has 368 valence electrons. The maximum atomic E-state index is 13.5. The Hall–Kier alpha value is -6.37. The van der Waals surface area contributed by atoms with Crippen molar-refractivity contribution in [2.45, 2.75) is 108 Å². The van der Waals surface area contributed by atoms with Gasteiger partial charge in [0.15, 0.2) is 13.6 Å². The average molecular weight is 945 g/mol. The number of rotatable bonds is 19. The average Bonchev–Trinajstić information content (AvgIpc) is 3.33. The number of aliphatic hydroxyl groups excluding tert-OH is 2. The van der Waals surface area contributed by atoms with E-state index in [1.165, 1.54) is 7.11 Å². The van der Waals surface area contributed by atoms with Gasteiger partial charge < -0.3 is 33.9 Å². The molecule has 0 spiro atoms. The molecule has 6 rings (SSSR count). The molecule has 3 atom stereocenters. The molecular weight excluding hydrogens is 877 g/mol. The zero-order valence-electron chi connectivity index (χ0n) is 41.7. The Morgan fingerprint density at radius 1 is 0.420 bits per heavy atom. The molecule has 6 aromatic carbocycles. The molecule has 0 bridgehead atoms. The summed E-state index contributed by atoms with van der Waals surface area (Å²) in [4.78, 5) is 64.5. The van der Waals surface area contributed by atoms with E-state index in [-0.39, 0.29) is 38.4 Å². The van der Waals surface area contributed by atoms with Crippen LogP contribution in [0.15, 0.2) is 109 Å². The summed E-state index contributed by atoms with van der Waals surface area (Å²) in [5.74, 6) is -2.51. The van der Waals surface area contributed by atoms with Gasteiger partial charge in [-0.1, -0.05) is 111 Å². The van der Waals surface area contributed by atoms with Crippen LogP contribution in [0, 0.1) is 27.1 Å². The lowest BCUT2D eigenvalue weighted by Crippen LogP contribution is -2.44. The second-order valence-electron chi connectivity index (χ2n) is 20.0. The van der Waals surface area contributed by atoms with Crippen LogP contribution < -0.4 is 0 Å². The summed E-state index contributed by atoms with van der Waals surface area (Å²) in [7, 11) is 1.30. The van der Waals surface area contributed by atoms with Crippen molar-refractivity contribution in [2.75, 3.05) is 20.7 Å². The zero-order valence-corrected chi connectivity index (χ0v) is 41.7. The summed E-state index contributed by atoms with van der Waals surface area (Å²) in [6, 6.07) is 36.3. The summed E-state index contributed by atoms with van der Waals surface area (Å²) in [6.07, 6.45) is 1.27. The van der Waals surface area contributed by atoms with Crippen molar-refractivity contribution < 1.29 is 57.9 Å². The predicted octanol–water partition coefficient (Wildman–Crippen LogP) is 11.3. The Balaban J connectivity index is 0.000000263. The van der Waals surface area contributed by atoms with E-state index in [1.807, 2.05) is 98.8 Å². The second-order valence-corrected chi connectivity index (χ2v) is 20.0. The maximum absolute atomic E-state index is 13.5. The minimum absolute atomic E-state index is 0.0422. The number of carbonyl (C=O) groups is 5. The van der Waals surface area contributed by atoms with Crippen LogP contribution in [0.25, 0.3) is 43.1 Å². The summed E-state index contributed by atoms with van der Waals surface area (Å²) in [5.41, 5.74) is -3.27. The molecule has 12 nitrogen and oxygen atoms in total. The molecular formula is C57H68O12. The van der Waals surface area contributed by atoms with Crippen LogP contribution in [-0.4, -0.2) is 60.8 Å². The van der Waals surface area contributed by atoms with Gasteiger partial charge in [-0.2, -0.15) is 0 Å². The Bertz CT molecular complexity index is 2700. The van der Waals surface area contributed by atoms with Crippen LogP contribution in [0.2, 0.25) is 0 Å². The highest BCUT2D eigenvalue weighted by molar-refractivity contribution is 6.03. The third-order valence-corrected chi connectivity index (χ3v) is 13.6. The highest BCUT2D eigenvalue weighted by atomic mass is 16.6. The summed E-state index contributed by atoms with van der Waals surface area (Å²) in [5, 5.41) is 26.6. The van der Waals surface area contributed by atoms with Gasteiger partial charge >= 0.3 is 29.8 Å². The fourth-order valence-electron chi connectivity index (χ4n) is 9.75. The minimum atomic E-state index is -1.27. The van der Waals surface area contributed by atoms with Gasteiger partial charge in [-0.15, -0.1) is 0 Å². The van der Waals surface area contributed by atoms with Crippen LogP contribution in [0.5, 0.6) is 0 Å². The third kappa shape index (κ3) is 12.3. The van der Waals surface area contributed by atoms with E-state index < -0.39 is 64.5 Å². The predicted molar refractivity (Wildman–Crippen MR) is 267 cm³/mol. The van der Waals surface area contributed by atoms with Crippen molar-refractivity contribution in [1.82, 2.24) is 0 Å². The second kappa shape index (κ2) is 22.4. The molecule has 0 aliphatic carbocycles. The highest BCUT2D eigenvalue weighted by Crippen LogP contribution is 2.46. The Labute approximate surface area is 405 Å². The lowest BCUT2D eigenvalue weighted by Gasteiger charge is -2.39. The van der Waals surface area contributed by atoms with E-state index in [9.17, 15) is 29.1 Å². The monoisotopic (exact) mass is 944 g/mol. The number of methoxy groups -OCH3 is 1. The molecule has 2 N–H and O–H groups in total. The van der Waals surface area contributed by atoms with E-state index >= 15 is 0 Å². The number of carbonyl (C=O) groups excluding carboxylic acids is 5. The molecule has 0 radical (unpaired) electrons. The van der Waals surface area contributed by atoms with Crippen molar-refractivity contribution in [3.63, 3.8) is 0 Å². The van der Waals surface area contributed by atoms with Gasteiger partial charge in [-0.25, -0.2) is 0 Å². The Morgan fingerprint density at radius 2 is 0.725 bits per heavy atom. The molecule has 0 saturated heterocycles. The number of hydrogen-bond acceptors (Lipinski definition) is 12. The van der Waals surface area contributed by atoms with Crippen LogP contribution in [0.4, 0.5) is 0 Å². The Morgan fingerprint density at radius 3 is 1.04 bits per heavy atom. The van der Waals surface area contributed by atoms with E-state index in [1.54, 1.807) is 48.5 Å². The topological polar surface area (TPSA) is 172 Å². The highest BCUT2D eigenvalue weighted by Gasteiger charge is 2.50. The van der Waals surface area contributed by atoms with Gasteiger partial charge in [-0.05, 0) is 136 Å². The molecule has 0 aliphatic rings. The van der Waals surface area contributed by atoms with Crippen LogP contribution in [0.1, 0.15) is 106 Å². The normalized spacial score (nSPS) is 14.4. The minimum Gasteiger partial charge on any atom is -0.469 e. The van der Waals surface area contributed by atoms with Crippen molar-refractivity contribution in [1.29, 1.82) is 0 Å². The number of fused-ring (bicyclic) bond motifs is 4. The van der Waals surface area contributed by atoms with Crippen LogP contribution in [0.3, 0.4) is 0 Å². The van der Waals surface area contributed by atoms with Gasteiger partial charge in [0, 0.05) is 11.1 Å². The quantitative estimate of drug-likeness (QED) is 0.0341. The molecule has 0 amide bonds. The summed E-state index contributed by atoms with van der Waals surface area (Å²) >= 11 is 0. The van der Waals surface area contributed by atoms with Gasteiger partial charge in [0.25, 0.3) is 0 Å². The van der Waals surface area contributed by atoms with E-state index in [0.717, 1.165) is 54.2 Å². The first kappa shape index (κ1) is 53.6. The first-order valence-corrected chi connectivity index (χ1v) is 23.4. The fraction of sp³-hybridized carbons (Fsp3) is 0.421. The molecule has 6 aromatic rings. The first-order valence-electron chi connectivity index (χ1n) is 23.4. The number of esters is 5. The smallest absolute Gasteiger partial charge is 0.313 e. The van der Waals surface area contributed by atoms with Crippen molar-refractivity contribution in [2.24, 2.45) is 27.1 Å². The van der Waals surface area contributed by atoms with Crippen LogP contribution >= 0.6 is 0 Å². The fourth-order valence-corrected chi connectivity index (χ4v) is 9.75. The van der Waals surface area contributed by atoms with Crippen molar-refractivity contribution >= 4 is 72.9 Å². The SMILES string of the molecule is CCC(C)(CC(C)(C)C(=O)OCc1c2ccccc2cc2ccccc12)C(=O)OCO.CCC(C)(CC(C)(CC(C)(C)C(=O)OCc1c2ccccc2cc2ccccc12)C(=O)OCO)C(=O)OC. The summed E-state index contributed by atoms with van der Waals surface area (Å²) < 4.78 is 26.5. The van der Waals surface area contributed by atoms with E-state index in [2.05, 4.69) is 24.3 Å². The van der Waals surface area contributed by atoms with Crippen molar-refractivity contribution in [3.8, 4) is 0 Å². The summed E-state index contributed by atoms with van der Waals surface area (Å²) in [6.45, 7) is 14.5. The van der Waals surface area contributed by atoms with E-state index in [0.29, 0.717) is 12.8 Å². The lowest BCUT2D eigenvalue weighted by atomic mass is 9.65. The third-order valence-electron chi connectivity index (χ3n) is 13.6. The number of hydrogen-bond donors (Lipinski definition) is 2. The Kier molecular flexibility index (Phi) is 17.4. The molecule has 12 heteroatoms. The molecule has 0 aliphatic heterocycles. The lowest BCUT2D eigenvalue weighted by molar-refractivity contribution is -0.174. The zero-order chi connectivity index (χ0) is 50.8. The molecule has 0 saturated carbocycles. The molecule has 69 heavy (non-hydrogen) atoms. The largest absolute Gasteiger partial charge is 0.469 e. The van der Waals surface area contributed by atoms with E-state index in [4.69, 9.17) is 28.8 Å². The van der Waals surface area contributed by atoms with Gasteiger partial charge in [0.1, 0.15) is 13.2 Å². The van der Waals surface area contributed by atoms with Gasteiger partial charge in [-0.3, -0.25) is 24.0 Å². The molecule has 0 fully saturated rings. The first-order chi connectivity index (χ1) is 32.6. The van der Waals surface area contributed by atoms with Crippen molar-refractivity contribution in [3.05, 3.63) is 120 Å². The van der Waals surface area contributed by atoms with Gasteiger partial charge in [0.2, 0.25) is 0 Å². The number of ether oxygens (including phenoxy) is 5. The van der Waals surface area contributed by atoms with Crippen LogP contribution in [-0.2, 0) is 60.9 Å². The molecule has 0 heterocycles. The maximum Gasteiger partial charge on any atom is 0.313 e. The number of benzene rings is 6. The standard InChI is InChI=1S/C31H38O7.C26H30O5/c1-7-30(4,27(34)36-6)19-31(5,28(35)38-20-32)18-29(2,3)26(33)37-17-25-23-14-10-8-12-21(23)16-22-13-9-11-15-24(22)25;1-5-26(4,24(29)31-17-27)16-25(2,3)23(28)30-15-22-20-12-8-6-10-18(20)14-19-11-7-9-13-21(19)22/h8-16,32H,7,17-20H2,1-6H3;6-14,27H,5,15-17H2,1-4H3.